The minimum atomic E-state index is 0.624. The monoisotopic (exact) mass is 211 g/mol. The normalized spacial score (nSPS) is 10.1. The molecule has 0 saturated heterocycles. The van der Waals surface area contributed by atoms with Gasteiger partial charge in [0.15, 0.2) is 6.29 Å². The summed E-state index contributed by atoms with van der Waals surface area (Å²) in [5.41, 5.74) is 1.66. The maximum absolute atomic E-state index is 10.5. The van der Waals surface area contributed by atoms with Crippen LogP contribution in [0.4, 0.5) is 0 Å². The minimum Gasteiger partial charge on any atom is -0.384 e. The minimum absolute atomic E-state index is 0.624. The Morgan fingerprint density at radius 3 is 3.00 bits per heavy atom. The van der Waals surface area contributed by atoms with Crippen molar-refractivity contribution in [3.8, 4) is 0 Å². The van der Waals surface area contributed by atoms with E-state index in [9.17, 15) is 4.79 Å². The number of thioether (sulfide) groups is 1. The van der Waals surface area contributed by atoms with E-state index in [2.05, 4.69) is 4.98 Å². The molecule has 0 aromatic carbocycles. The number of aldehydes is 1. The second kappa shape index (κ2) is 5.78. The summed E-state index contributed by atoms with van der Waals surface area (Å²) in [5.74, 6) is 0.880. The molecule has 0 spiro atoms. The number of rotatable bonds is 5. The third-order valence-electron chi connectivity index (χ3n) is 1.71. The molecule has 0 aliphatic rings. The molecule has 0 amide bonds. The van der Waals surface area contributed by atoms with Gasteiger partial charge in [0.1, 0.15) is 0 Å². The standard InChI is InChI=1S/C10H13NO2S/c1-8-5-9(7-12)6-11-10(8)14-4-3-13-2/h5-7H,3-4H2,1-2H3. The van der Waals surface area contributed by atoms with Crippen molar-refractivity contribution in [1.29, 1.82) is 0 Å². The van der Waals surface area contributed by atoms with Crippen molar-refractivity contribution in [1.82, 2.24) is 4.98 Å². The van der Waals surface area contributed by atoms with Gasteiger partial charge in [0.25, 0.3) is 0 Å². The molecule has 0 saturated carbocycles. The van der Waals surface area contributed by atoms with Gasteiger partial charge in [0.2, 0.25) is 0 Å². The van der Waals surface area contributed by atoms with Gasteiger partial charge in [-0.15, -0.1) is 11.8 Å². The van der Waals surface area contributed by atoms with Crippen LogP contribution in [0.2, 0.25) is 0 Å². The van der Waals surface area contributed by atoms with Crippen LogP contribution >= 0.6 is 11.8 Å². The van der Waals surface area contributed by atoms with Gasteiger partial charge >= 0.3 is 0 Å². The van der Waals surface area contributed by atoms with E-state index in [1.54, 1.807) is 25.1 Å². The molecule has 0 aliphatic heterocycles. The van der Waals surface area contributed by atoms with Crippen LogP contribution in [0.25, 0.3) is 0 Å². The number of carbonyl (C=O) groups excluding carboxylic acids is 1. The Labute approximate surface area is 87.9 Å². The summed E-state index contributed by atoms with van der Waals surface area (Å²) in [7, 11) is 1.68. The maximum atomic E-state index is 10.5. The average molecular weight is 211 g/mol. The quantitative estimate of drug-likeness (QED) is 0.424. The van der Waals surface area contributed by atoms with Crippen LogP contribution in [0.3, 0.4) is 0 Å². The van der Waals surface area contributed by atoms with Crippen molar-refractivity contribution in [3.05, 3.63) is 23.4 Å². The van der Waals surface area contributed by atoms with E-state index in [1.165, 1.54) is 0 Å². The number of hydrogen-bond acceptors (Lipinski definition) is 4. The summed E-state index contributed by atoms with van der Waals surface area (Å²) in [6.07, 6.45) is 2.40. The number of aryl methyl sites for hydroxylation is 1. The van der Waals surface area contributed by atoms with E-state index in [-0.39, 0.29) is 0 Å². The van der Waals surface area contributed by atoms with E-state index in [1.807, 2.05) is 13.0 Å². The zero-order valence-corrected chi connectivity index (χ0v) is 9.13. The zero-order chi connectivity index (χ0) is 10.4. The molecule has 0 aliphatic carbocycles. The van der Waals surface area contributed by atoms with Crippen LogP contribution in [0, 0.1) is 6.92 Å². The van der Waals surface area contributed by atoms with Gasteiger partial charge in [-0.1, -0.05) is 0 Å². The lowest BCUT2D eigenvalue weighted by atomic mass is 10.2. The lowest BCUT2D eigenvalue weighted by Gasteiger charge is -2.03. The highest BCUT2D eigenvalue weighted by atomic mass is 32.2. The first kappa shape index (κ1) is 11.2. The Hall–Kier alpha value is -0.870. The van der Waals surface area contributed by atoms with Crippen molar-refractivity contribution >= 4 is 18.0 Å². The van der Waals surface area contributed by atoms with Crippen molar-refractivity contribution in [2.75, 3.05) is 19.5 Å². The third kappa shape index (κ3) is 3.12. The van der Waals surface area contributed by atoms with E-state index < -0.39 is 0 Å². The fourth-order valence-electron chi connectivity index (χ4n) is 1.02. The topological polar surface area (TPSA) is 39.2 Å². The molecule has 4 heteroatoms. The maximum Gasteiger partial charge on any atom is 0.151 e. The van der Waals surface area contributed by atoms with Gasteiger partial charge in [-0.25, -0.2) is 4.98 Å². The molecular weight excluding hydrogens is 198 g/mol. The lowest BCUT2D eigenvalue weighted by Crippen LogP contribution is -1.95. The molecule has 0 fully saturated rings. The summed E-state index contributed by atoms with van der Waals surface area (Å²) in [6.45, 7) is 2.66. The average Bonchev–Trinajstić information content (AvgIpc) is 2.20. The molecule has 1 aromatic rings. The summed E-state index contributed by atoms with van der Waals surface area (Å²) < 4.78 is 4.94. The Morgan fingerprint density at radius 1 is 1.64 bits per heavy atom. The fourth-order valence-corrected chi connectivity index (χ4v) is 1.88. The number of hydrogen-bond donors (Lipinski definition) is 0. The number of aromatic nitrogens is 1. The first-order chi connectivity index (χ1) is 6.77. The first-order valence-electron chi connectivity index (χ1n) is 4.31. The number of nitrogens with zero attached hydrogens (tertiary/aromatic N) is 1. The molecule has 0 radical (unpaired) electrons. The highest BCUT2D eigenvalue weighted by Gasteiger charge is 2.01. The van der Waals surface area contributed by atoms with Crippen molar-refractivity contribution in [3.63, 3.8) is 0 Å². The third-order valence-corrected chi connectivity index (χ3v) is 2.79. The molecule has 0 unspecified atom stereocenters. The number of methoxy groups -OCH3 is 1. The second-order valence-electron chi connectivity index (χ2n) is 2.85. The Balaban J connectivity index is 2.64. The van der Waals surface area contributed by atoms with Crippen molar-refractivity contribution in [2.24, 2.45) is 0 Å². The van der Waals surface area contributed by atoms with Gasteiger partial charge in [-0.05, 0) is 18.6 Å². The van der Waals surface area contributed by atoms with Crippen LogP contribution in [-0.4, -0.2) is 30.7 Å². The van der Waals surface area contributed by atoms with Gasteiger partial charge in [0, 0.05) is 24.6 Å². The summed E-state index contributed by atoms with van der Waals surface area (Å²) in [5, 5.41) is 0.965. The Kier molecular flexibility index (Phi) is 4.62. The molecular formula is C10H13NO2S. The predicted octanol–water partition coefficient (Wildman–Crippen LogP) is 1.94. The van der Waals surface area contributed by atoms with Crippen molar-refractivity contribution in [2.45, 2.75) is 11.9 Å². The van der Waals surface area contributed by atoms with Gasteiger partial charge in [-0.2, -0.15) is 0 Å². The van der Waals surface area contributed by atoms with E-state index in [0.29, 0.717) is 12.2 Å². The summed E-state index contributed by atoms with van der Waals surface area (Å²) in [6, 6.07) is 1.84. The lowest BCUT2D eigenvalue weighted by molar-refractivity contribution is 0.112. The smallest absolute Gasteiger partial charge is 0.151 e. The molecule has 0 N–H and O–H groups in total. The van der Waals surface area contributed by atoms with Crippen LogP contribution in [0.15, 0.2) is 17.3 Å². The number of pyridine rings is 1. The van der Waals surface area contributed by atoms with Crippen LogP contribution < -0.4 is 0 Å². The summed E-state index contributed by atoms with van der Waals surface area (Å²) >= 11 is 1.64. The predicted molar refractivity (Wildman–Crippen MR) is 57.0 cm³/mol. The fraction of sp³-hybridized carbons (Fsp3) is 0.400. The molecule has 0 bridgehead atoms. The highest BCUT2D eigenvalue weighted by Crippen LogP contribution is 2.19. The molecule has 1 rings (SSSR count). The molecule has 1 heterocycles. The molecule has 0 atom stereocenters. The van der Waals surface area contributed by atoms with Gasteiger partial charge in [0.05, 0.1) is 11.6 Å². The zero-order valence-electron chi connectivity index (χ0n) is 8.32. The number of carbonyl (C=O) groups is 1. The van der Waals surface area contributed by atoms with E-state index >= 15 is 0 Å². The summed E-state index contributed by atoms with van der Waals surface area (Å²) in [4.78, 5) is 14.7. The Morgan fingerprint density at radius 2 is 2.43 bits per heavy atom. The number of ether oxygens (including phenoxy) is 1. The van der Waals surface area contributed by atoms with Gasteiger partial charge in [-0.3, -0.25) is 4.79 Å². The molecule has 14 heavy (non-hydrogen) atoms. The van der Waals surface area contributed by atoms with E-state index in [0.717, 1.165) is 22.6 Å². The largest absolute Gasteiger partial charge is 0.384 e. The van der Waals surface area contributed by atoms with E-state index in [4.69, 9.17) is 4.74 Å². The Bertz CT molecular complexity index is 315. The van der Waals surface area contributed by atoms with Crippen molar-refractivity contribution < 1.29 is 9.53 Å². The second-order valence-corrected chi connectivity index (χ2v) is 3.93. The van der Waals surface area contributed by atoms with Crippen LogP contribution in [-0.2, 0) is 4.74 Å². The van der Waals surface area contributed by atoms with Crippen LogP contribution in [0.1, 0.15) is 15.9 Å². The molecule has 76 valence electrons. The molecule has 3 nitrogen and oxygen atoms in total. The van der Waals surface area contributed by atoms with Gasteiger partial charge < -0.3 is 4.74 Å². The van der Waals surface area contributed by atoms with Crippen LogP contribution in [0.5, 0.6) is 0 Å². The highest BCUT2D eigenvalue weighted by molar-refractivity contribution is 7.99. The first-order valence-corrected chi connectivity index (χ1v) is 5.30. The SMILES string of the molecule is COCCSc1ncc(C=O)cc1C. The molecule has 1 aromatic heterocycles.